The number of carbonyl (C=O) groups excluding carboxylic acids is 1. The fourth-order valence-corrected chi connectivity index (χ4v) is 2.14. The highest BCUT2D eigenvalue weighted by atomic mass is 32.1. The molecule has 0 amide bonds. The van der Waals surface area contributed by atoms with E-state index in [0.717, 1.165) is 0 Å². The van der Waals surface area contributed by atoms with Crippen molar-refractivity contribution in [2.75, 3.05) is 6.61 Å². The first-order valence-corrected chi connectivity index (χ1v) is 7.00. The van der Waals surface area contributed by atoms with Crippen LogP contribution in [-0.2, 0) is 4.74 Å². The molecule has 2 heterocycles. The van der Waals surface area contributed by atoms with Crippen molar-refractivity contribution in [2.24, 2.45) is 0 Å². The second kappa shape index (κ2) is 6.73. The van der Waals surface area contributed by atoms with Crippen LogP contribution in [0.5, 0.6) is 5.75 Å². The summed E-state index contributed by atoms with van der Waals surface area (Å²) in [6, 6.07) is 2.59. The van der Waals surface area contributed by atoms with Gasteiger partial charge in [0.2, 0.25) is 0 Å². The maximum atomic E-state index is 12.2. The monoisotopic (exact) mass is 332 g/mol. The number of carbonyl (C=O) groups is 1. The highest BCUT2D eigenvalue weighted by molar-refractivity contribution is 7.09. The Morgan fingerprint density at radius 1 is 1.36 bits per heavy atom. The van der Waals surface area contributed by atoms with E-state index in [9.17, 15) is 18.0 Å². The van der Waals surface area contributed by atoms with E-state index in [1.165, 1.54) is 29.7 Å². The summed E-state index contributed by atoms with van der Waals surface area (Å²) in [4.78, 5) is 19.8. The van der Waals surface area contributed by atoms with Crippen LogP contribution in [0.15, 0.2) is 29.9 Å². The summed E-state index contributed by atoms with van der Waals surface area (Å²) in [5.41, 5.74) is -0.310. The number of esters is 1. The summed E-state index contributed by atoms with van der Waals surface area (Å²) in [6.45, 7) is 0.0942. The number of hydrogen-bond acceptors (Lipinski definition) is 6. The van der Waals surface area contributed by atoms with E-state index < -0.39 is 24.9 Å². The molecule has 118 valence electrons. The molecule has 2 aromatic heterocycles. The van der Waals surface area contributed by atoms with Crippen LogP contribution in [0.25, 0.3) is 0 Å². The normalized spacial score (nSPS) is 12.7. The molecule has 0 aliphatic heterocycles. The second-order valence-electron chi connectivity index (χ2n) is 4.17. The largest absolute Gasteiger partial charge is 0.482 e. The van der Waals surface area contributed by atoms with Gasteiger partial charge < -0.3 is 9.47 Å². The number of rotatable bonds is 5. The predicted octanol–water partition coefficient (Wildman–Crippen LogP) is 3.40. The number of nitrogens with zero attached hydrogens (tertiary/aromatic N) is 2. The standard InChI is InChI=1S/C13H11F3N2O3S/c1-8(11-18-5-6-22-11)21-12(19)10-9(3-2-4-17-10)20-7-13(14,15)16/h2-6,8H,7H2,1H3/t8-/m0/s1. The third-order valence-corrected chi connectivity index (χ3v) is 3.38. The Morgan fingerprint density at radius 3 is 2.77 bits per heavy atom. The van der Waals surface area contributed by atoms with Gasteiger partial charge in [-0.15, -0.1) is 11.3 Å². The van der Waals surface area contributed by atoms with Crippen molar-refractivity contribution in [3.63, 3.8) is 0 Å². The lowest BCUT2D eigenvalue weighted by Crippen LogP contribution is -2.21. The molecular weight excluding hydrogens is 321 g/mol. The summed E-state index contributed by atoms with van der Waals surface area (Å²) >= 11 is 1.30. The van der Waals surface area contributed by atoms with Gasteiger partial charge in [-0.3, -0.25) is 0 Å². The number of halogens is 3. The van der Waals surface area contributed by atoms with Crippen LogP contribution in [0.1, 0.15) is 28.5 Å². The van der Waals surface area contributed by atoms with Crippen molar-refractivity contribution < 1.29 is 27.4 Å². The van der Waals surface area contributed by atoms with Crippen LogP contribution in [0.3, 0.4) is 0 Å². The Kier molecular flexibility index (Phi) is 4.96. The molecule has 0 aliphatic carbocycles. The van der Waals surface area contributed by atoms with E-state index >= 15 is 0 Å². The molecule has 2 rings (SSSR count). The van der Waals surface area contributed by atoms with Crippen molar-refractivity contribution in [2.45, 2.75) is 19.2 Å². The van der Waals surface area contributed by atoms with E-state index in [4.69, 9.17) is 4.74 Å². The first-order valence-electron chi connectivity index (χ1n) is 6.12. The van der Waals surface area contributed by atoms with E-state index in [2.05, 4.69) is 14.7 Å². The second-order valence-corrected chi connectivity index (χ2v) is 5.10. The highest BCUT2D eigenvalue weighted by Gasteiger charge is 2.30. The summed E-state index contributed by atoms with van der Waals surface area (Å²) in [6.07, 6.45) is -2.32. The molecule has 0 saturated heterocycles. The van der Waals surface area contributed by atoms with Gasteiger partial charge >= 0.3 is 12.1 Å². The Labute approximate surface area is 127 Å². The molecular formula is C13H11F3N2O3S. The average Bonchev–Trinajstić information content (AvgIpc) is 2.99. The van der Waals surface area contributed by atoms with Gasteiger partial charge in [0, 0.05) is 17.8 Å². The molecule has 0 unspecified atom stereocenters. The van der Waals surface area contributed by atoms with Crippen LogP contribution in [0, 0.1) is 0 Å². The number of ether oxygens (including phenoxy) is 2. The molecule has 0 N–H and O–H groups in total. The van der Waals surface area contributed by atoms with Crippen molar-refractivity contribution in [3.8, 4) is 5.75 Å². The zero-order valence-electron chi connectivity index (χ0n) is 11.3. The van der Waals surface area contributed by atoms with Crippen molar-refractivity contribution >= 4 is 17.3 Å². The van der Waals surface area contributed by atoms with Crippen molar-refractivity contribution in [1.29, 1.82) is 0 Å². The van der Waals surface area contributed by atoms with Gasteiger partial charge in [0.05, 0.1) is 0 Å². The lowest BCUT2D eigenvalue weighted by atomic mass is 10.3. The molecule has 2 aromatic rings. The average molecular weight is 332 g/mol. The van der Waals surface area contributed by atoms with Gasteiger partial charge in [0.25, 0.3) is 0 Å². The fourth-order valence-electron chi connectivity index (χ4n) is 1.52. The molecule has 0 bridgehead atoms. The van der Waals surface area contributed by atoms with E-state index in [1.807, 2.05) is 0 Å². The van der Waals surface area contributed by atoms with Crippen molar-refractivity contribution in [3.05, 3.63) is 40.6 Å². The van der Waals surface area contributed by atoms with Crippen LogP contribution >= 0.6 is 11.3 Å². The maximum Gasteiger partial charge on any atom is 0.422 e. The summed E-state index contributed by atoms with van der Waals surface area (Å²) in [7, 11) is 0. The molecule has 0 aliphatic rings. The molecule has 0 spiro atoms. The van der Waals surface area contributed by atoms with Crippen LogP contribution < -0.4 is 4.74 Å². The Morgan fingerprint density at radius 2 is 2.14 bits per heavy atom. The lowest BCUT2D eigenvalue weighted by molar-refractivity contribution is -0.153. The molecule has 5 nitrogen and oxygen atoms in total. The van der Waals surface area contributed by atoms with Gasteiger partial charge in [-0.25, -0.2) is 14.8 Å². The first kappa shape index (κ1) is 16.2. The minimum absolute atomic E-state index is 0.281. The molecule has 0 fully saturated rings. The minimum Gasteiger partial charge on any atom is -0.482 e. The summed E-state index contributed by atoms with van der Waals surface area (Å²) < 4.78 is 46.3. The maximum absolute atomic E-state index is 12.2. The fraction of sp³-hybridized carbons (Fsp3) is 0.308. The molecule has 22 heavy (non-hydrogen) atoms. The van der Waals surface area contributed by atoms with Crippen molar-refractivity contribution in [1.82, 2.24) is 9.97 Å². The Bertz CT molecular complexity index is 632. The third kappa shape index (κ3) is 4.42. The Hall–Kier alpha value is -2.16. The van der Waals surface area contributed by atoms with E-state index in [-0.39, 0.29) is 11.4 Å². The minimum atomic E-state index is -4.51. The number of aromatic nitrogens is 2. The van der Waals surface area contributed by atoms with Gasteiger partial charge in [-0.2, -0.15) is 13.2 Å². The van der Waals surface area contributed by atoms with Gasteiger partial charge in [-0.1, -0.05) is 0 Å². The Balaban J connectivity index is 2.09. The lowest BCUT2D eigenvalue weighted by Gasteiger charge is -2.14. The van der Waals surface area contributed by atoms with Crippen LogP contribution in [0.4, 0.5) is 13.2 Å². The van der Waals surface area contributed by atoms with E-state index in [0.29, 0.717) is 5.01 Å². The number of alkyl halides is 3. The highest BCUT2D eigenvalue weighted by Crippen LogP contribution is 2.24. The van der Waals surface area contributed by atoms with Gasteiger partial charge in [-0.05, 0) is 19.1 Å². The molecule has 1 atom stereocenters. The van der Waals surface area contributed by atoms with Gasteiger partial charge in [0.15, 0.2) is 24.2 Å². The first-order chi connectivity index (χ1) is 10.4. The van der Waals surface area contributed by atoms with E-state index in [1.54, 1.807) is 18.5 Å². The SMILES string of the molecule is C[C@H](OC(=O)c1ncccc1OCC(F)(F)F)c1nccs1. The number of hydrogen-bond donors (Lipinski definition) is 0. The third-order valence-electron chi connectivity index (χ3n) is 2.44. The zero-order chi connectivity index (χ0) is 16.2. The summed E-state index contributed by atoms with van der Waals surface area (Å²) in [5.74, 6) is -1.16. The number of pyridine rings is 1. The van der Waals surface area contributed by atoms with Crippen LogP contribution in [-0.4, -0.2) is 28.7 Å². The molecule has 0 aromatic carbocycles. The number of thiazole rings is 1. The zero-order valence-corrected chi connectivity index (χ0v) is 12.1. The summed E-state index contributed by atoms with van der Waals surface area (Å²) in [5, 5.41) is 2.29. The predicted molar refractivity (Wildman–Crippen MR) is 71.7 cm³/mol. The molecule has 0 radical (unpaired) electrons. The van der Waals surface area contributed by atoms with Crippen LogP contribution in [0.2, 0.25) is 0 Å². The topological polar surface area (TPSA) is 61.3 Å². The smallest absolute Gasteiger partial charge is 0.422 e. The quantitative estimate of drug-likeness (QED) is 0.785. The molecule has 0 saturated carbocycles. The van der Waals surface area contributed by atoms with Gasteiger partial charge in [0.1, 0.15) is 5.01 Å². The molecule has 9 heteroatoms.